The normalized spacial score (nSPS) is 25.4. The van der Waals surface area contributed by atoms with Crippen molar-refractivity contribution in [2.24, 2.45) is 11.8 Å². The van der Waals surface area contributed by atoms with Crippen molar-refractivity contribution in [1.29, 1.82) is 0 Å². The third-order valence-corrected chi connectivity index (χ3v) is 6.35. The molecule has 0 aliphatic heterocycles. The van der Waals surface area contributed by atoms with Crippen LogP contribution in [0.2, 0.25) is 0 Å². The second kappa shape index (κ2) is 9.41. The zero-order valence-corrected chi connectivity index (χ0v) is 16.8. The van der Waals surface area contributed by atoms with Crippen molar-refractivity contribution < 1.29 is 24.2 Å². The first-order valence-electron chi connectivity index (χ1n) is 10.2. The van der Waals surface area contributed by atoms with Crippen LogP contribution >= 0.6 is 0 Å². The minimum atomic E-state index is -0.454. The molecule has 0 bridgehead atoms. The van der Waals surface area contributed by atoms with Crippen LogP contribution in [0, 0.1) is 11.8 Å². The van der Waals surface area contributed by atoms with Crippen LogP contribution in [-0.2, 0) is 25.5 Å². The number of rotatable bonds is 6. The summed E-state index contributed by atoms with van der Waals surface area (Å²) in [6.07, 6.45) is 6.42. The van der Waals surface area contributed by atoms with Crippen molar-refractivity contribution in [1.82, 2.24) is 5.32 Å². The van der Waals surface area contributed by atoms with E-state index in [1.54, 1.807) is 19.2 Å². The molecule has 28 heavy (non-hydrogen) atoms. The van der Waals surface area contributed by atoms with Crippen molar-refractivity contribution in [3.05, 3.63) is 29.3 Å². The minimum absolute atomic E-state index is 0.00963. The third kappa shape index (κ3) is 4.66. The van der Waals surface area contributed by atoms with E-state index in [9.17, 15) is 14.7 Å². The van der Waals surface area contributed by atoms with Crippen molar-refractivity contribution in [2.45, 2.75) is 57.0 Å². The van der Waals surface area contributed by atoms with E-state index in [4.69, 9.17) is 9.47 Å². The minimum Gasteiger partial charge on any atom is -0.508 e. The summed E-state index contributed by atoms with van der Waals surface area (Å²) in [4.78, 5) is 25.2. The van der Waals surface area contributed by atoms with Gasteiger partial charge in [-0.2, -0.15) is 0 Å². The number of carbonyl (C=O) groups excluding carboxylic acids is 2. The molecule has 3 rings (SSSR count). The van der Waals surface area contributed by atoms with E-state index in [2.05, 4.69) is 5.32 Å². The largest absolute Gasteiger partial charge is 0.508 e. The number of hydrogen-bond acceptors (Lipinski definition) is 5. The predicted octanol–water partition coefficient (Wildman–Crippen LogP) is 2.92. The molecule has 0 saturated heterocycles. The molecule has 2 aliphatic rings. The number of esters is 1. The number of methoxy groups -OCH3 is 2. The lowest BCUT2D eigenvalue weighted by Gasteiger charge is -2.32. The first kappa shape index (κ1) is 20.6. The average Bonchev–Trinajstić information content (AvgIpc) is 2.73. The monoisotopic (exact) mass is 389 g/mol. The summed E-state index contributed by atoms with van der Waals surface area (Å²) in [7, 11) is 3.10. The van der Waals surface area contributed by atoms with Gasteiger partial charge in [-0.1, -0.05) is 6.07 Å². The van der Waals surface area contributed by atoms with E-state index in [-0.39, 0.29) is 42.1 Å². The van der Waals surface area contributed by atoms with E-state index in [0.717, 1.165) is 56.1 Å². The van der Waals surface area contributed by atoms with Gasteiger partial charge in [-0.3, -0.25) is 9.59 Å². The van der Waals surface area contributed by atoms with Crippen molar-refractivity contribution in [2.75, 3.05) is 20.8 Å². The topological polar surface area (TPSA) is 84.9 Å². The smallest absolute Gasteiger partial charge is 0.311 e. The molecule has 0 radical (unpaired) electrons. The summed E-state index contributed by atoms with van der Waals surface area (Å²) in [5.74, 6) is -0.640. The van der Waals surface area contributed by atoms with Crippen molar-refractivity contribution in [3.8, 4) is 5.75 Å². The number of nitrogens with one attached hydrogen (secondary N) is 1. The second-order valence-corrected chi connectivity index (χ2v) is 7.97. The molecule has 2 N–H and O–H groups in total. The molecule has 1 saturated carbocycles. The lowest BCUT2D eigenvalue weighted by Crippen LogP contribution is -2.41. The van der Waals surface area contributed by atoms with E-state index >= 15 is 0 Å². The van der Waals surface area contributed by atoms with Crippen LogP contribution in [-0.4, -0.2) is 43.9 Å². The fraction of sp³-hybridized carbons (Fsp3) is 0.636. The molecular formula is C22H31NO5. The number of ether oxygens (including phenoxy) is 2. The lowest BCUT2D eigenvalue weighted by atomic mass is 9.75. The van der Waals surface area contributed by atoms with Crippen LogP contribution in [0.5, 0.6) is 5.75 Å². The molecule has 0 aromatic heterocycles. The number of phenols is 1. The highest BCUT2D eigenvalue weighted by Gasteiger charge is 2.35. The number of benzene rings is 1. The van der Waals surface area contributed by atoms with Crippen LogP contribution in [0.15, 0.2) is 18.2 Å². The summed E-state index contributed by atoms with van der Waals surface area (Å²) >= 11 is 0. The summed E-state index contributed by atoms with van der Waals surface area (Å²) in [5.41, 5.74) is 2.16. The number of aromatic hydroxyl groups is 1. The predicted molar refractivity (Wildman–Crippen MR) is 105 cm³/mol. The second-order valence-electron chi connectivity index (χ2n) is 7.97. The fourth-order valence-electron chi connectivity index (χ4n) is 4.70. The van der Waals surface area contributed by atoms with Gasteiger partial charge in [-0.15, -0.1) is 0 Å². The van der Waals surface area contributed by atoms with E-state index in [1.165, 1.54) is 7.11 Å². The zero-order valence-electron chi connectivity index (χ0n) is 16.8. The maximum Gasteiger partial charge on any atom is 0.311 e. The van der Waals surface area contributed by atoms with Crippen LogP contribution in [0.3, 0.4) is 0 Å². The third-order valence-electron chi connectivity index (χ3n) is 6.35. The molecular weight excluding hydrogens is 358 g/mol. The standard InChI is InChI=1S/C22H31NO5/c1-27-17-10-7-15(8-11-17)21(25)23-13-20(22(26)28-2)18-5-3-4-14-6-9-16(24)12-19(14)18/h6,9,12,15,17-18,20,24H,3-5,7-8,10-11,13H2,1-2H3,(H,23,25). The van der Waals surface area contributed by atoms with Crippen LogP contribution in [0.25, 0.3) is 0 Å². The van der Waals surface area contributed by atoms with Crippen molar-refractivity contribution in [3.63, 3.8) is 0 Å². The molecule has 0 heterocycles. The lowest BCUT2D eigenvalue weighted by molar-refractivity contribution is -0.146. The van der Waals surface area contributed by atoms with Gasteiger partial charge in [0.2, 0.25) is 5.91 Å². The average molecular weight is 389 g/mol. The zero-order chi connectivity index (χ0) is 20.1. The molecule has 6 nitrogen and oxygen atoms in total. The highest BCUT2D eigenvalue weighted by atomic mass is 16.5. The van der Waals surface area contributed by atoms with Gasteiger partial charge >= 0.3 is 5.97 Å². The highest BCUT2D eigenvalue weighted by molar-refractivity contribution is 5.80. The Morgan fingerprint density at radius 1 is 1.18 bits per heavy atom. The molecule has 1 aromatic carbocycles. The van der Waals surface area contributed by atoms with Crippen LogP contribution < -0.4 is 5.32 Å². The maximum atomic E-state index is 12.6. The molecule has 1 fully saturated rings. The fourth-order valence-corrected chi connectivity index (χ4v) is 4.70. The van der Waals surface area contributed by atoms with E-state index < -0.39 is 5.92 Å². The number of hydrogen-bond donors (Lipinski definition) is 2. The number of phenolic OH excluding ortho intramolecular Hbond substituents is 1. The first-order chi connectivity index (χ1) is 13.5. The van der Waals surface area contributed by atoms with Gasteiger partial charge < -0.3 is 19.9 Å². The van der Waals surface area contributed by atoms with Gasteiger partial charge in [-0.25, -0.2) is 0 Å². The van der Waals surface area contributed by atoms with Crippen LogP contribution in [0.1, 0.15) is 55.6 Å². The van der Waals surface area contributed by atoms with Gasteiger partial charge in [0.25, 0.3) is 0 Å². The SMILES string of the molecule is COC(=O)C(CNC(=O)C1CCC(OC)CC1)C1CCCc2ccc(O)cc21. The Kier molecular flexibility index (Phi) is 6.94. The van der Waals surface area contributed by atoms with E-state index in [1.807, 2.05) is 6.07 Å². The van der Waals surface area contributed by atoms with Gasteiger partial charge in [0, 0.05) is 19.6 Å². The molecule has 2 unspecified atom stereocenters. The van der Waals surface area contributed by atoms with Gasteiger partial charge in [0.05, 0.1) is 19.1 Å². The highest BCUT2D eigenvalue weighted by Crippen LogP contribution is 2.39. The molecule has 2 aliphatic carbocycles. The van der Waals surface area contributed by atoms with Gasteiger partial charge in [0.15, 0.2) is 0 Å². The number of fused-ring (bicyclic) bond motifs is 1. The summed E-state index contributed by atoms with van der Waals surface area (Å²) in [5, 5.41) is 12.9. The number of aryl methyl sites for hydroxylation is 1. The molecule has 2 atom stereocenters. The Morgan fingerprint density at radius 3 is 2.61 bits per heavy atom. The summed E-state index contributed by atoms with van der Waals surface area (Å²) in [6, 6.07) is 5.37. The molecule has 0 spiro atoms. The van der Waals surface area contributed by atoms with Gasteiger partial charge in [-0.05, 0) is 74.1 Å². The summed E-state index contributed by atoms with van der Waals surface area (Å²) < 4.78 is 10.4. The van der Waals surface area contributed by atoms with E-state index in [0.29, 0.717) is 0 Å². The van der Waals surface area contributed by atoms with Crippen molar-refractivity contribution >= 4 is 11.9 Å². The summed E-state index contributed by atoms with van der Waals surface area (Å²) in [6.45, 7) is 0.259. The Balaban J connectivity index is 1.68. The molecule has 154 valence electrons. The molecule has 1 aromatic rings. The Hall–Kier alpha value is -2.08. The number of amides is 1. The van der Waals surface area contributed by atoms with Gasteiger partial charge in [0.1, 0.15) is 5.75 Å². The molecule has 1 amide bonds. The quantitative estimate of drug-likeness (QED) is 0.731. The Morgan fingerprint density at radius 2 is 1.93 bits per heavy atom. The molecule has 6 heteroatoms. The van der Waals surface area contributed by atoms with Crippen LogP contribution in [0.4, 0.5) is 0 Å². The Labute approximate surface area is 166 Å². The first-order valence-corrected chi connectivity index (χ1v) is 10.2. The maximum absolute atomic E-state index is 12.6. The Bertz CT molecular complexity index is 696. The number of carbonyl (C=O) groups is 2.